The highest BCUT2D eigenvalue weighted by molar-refractivity contribution is 5.95. The molecule has 0 aliphatic heterocycles. The lowest BCUT2D eigenvalue weighted by molar-refractivity contribution is 0.0944. The molecule has 1 aromatic rings. The van der Waals surface area contributed by atoms with E-state index in [1.807, 2.05) is 7.05 Å². The van der Waals surface area contributed by atoms with E-state index in [1.54, 1.807) is 0 Å². The van der Waals surface area contributed by atoms with Crippen LogP contribution in [-0.4, -0.2) is 42.0 Å². The molecule has 0 saturated carbocycles. The minimum atomic E-state index is -0.771. The van der Waals surface area contributed by atoms with E-state index in [1.165, 1.54) is 12.3 Å². The molecule has 18 heavy (non-hydrogen) atoms. The highest BCUT2D eigenvalue weighted by atomic mass is 19.1. The molecule has 0 aromatic carbocycles. The number of nitrogen functional groups attached to an aromatic ring is 1. The predicted molar refractivity (Wildman–Crippen MR) is 68.7 cm³/mol. The van der Waals surface area contributed by atoms with Crippen molar-refractivity contribution >= 4 is 11.7 Å². The number of anilines is 1. The molecule has 1 amide bonds. The van der Waals surface area contributed by atoms with Crippen LogP contribution in [0.1, 0.15) is 24.2 Å². The summed E-state index contributed by atoms with van der Waals surface area (Å²) in [6.45, 7) is 5.27. The molecule has 1 aromatic heterocycles. The van der Waals surface area contributed by atoms with Crippen molar-refractivity contribution in [2.45, 2.75) is 19.9 Å². The maximum atomic E-state index is 13.5. The molecule has 100 valence electrons. The monoisotopic (exact) mass is 254 g/mol. The van der Waals surface area contributed by atoms with Gasteiger partial charge in [-0.05, 0) is 27.0 Å². The first-order valence-electron chi connectivity index (χ1n) is 5.82. The average molecular weight is 254 g/mol. The predicted octanol–water partition coefficient (Wildman–Crippen LogP) is 0.873. The van der Waals surface area contributed by atoms with Gasteiger partial charge in [0, 0.05) is 25.3 Å². The van der Waals surface area contributed by atoms with Crippen molar-refractivity contribution in [3.05, 3.63) is 23.6 Å². The lowest BCUT2D eigenvalue weighted by Crippen LogP contribution is -2.36. The van der Waals surface area contributed by atoms with Crippen LogP contribution in [0.25, 0.3) is 0 Å². The topological polar surface area (TPSA) is 71.2 Å². The van der Waals surface area contributed by atoms with Crippen LogP contribution in [0.15, 0.2) is 12.3 Å². The molecule has 0 atom stereocenters. The summed E-state index contributed by atoms with van der Waals surface area (Å²) in [6.07, 6.45) is 1.31. The molecule has 0 unspecified atom stereocenters. The van der Waals surface area contributed by atoms with Gasteiger partial charge in [0.2, 0.25) is 0 Å². The Kier molecular flexibility index (Phi) is 5.03. The van der Waals surface area contributed by atoms with E-state index < -0.39 is 11.7 Å². The van der Waals surface area contributed by atoms with Crippen LogP contribution in [0.4, 0.5) is 10.2 Å². The zero-order chi connectivity index (χ0) is 13.7. The summed E-state index contributed by atoms with van der Waals surface area (Å²) < 4.78 is 13.5. The van der Waals surface area contributed by atoms with Crippen LogP contribution in [0.3, 0.4) is 0 Å². The average Bonchev–Trinajstić information content (AvgIpc) is 2.32. The van der Waals surface area contributed by atoms with Crippen molar-refractivity contribution in [2.24, 2.45) is 0 Å². The third-order valence-electron chi connectivity index (χ3n) is 2.79. The van der Waals surface area contributed by atoms with Crippen LogP contribution in [0.5, 0.6) is 0 Å². The zero-order valence-corrected chi connectivity index (χ0v) is 10.9. The van der Waals surface area contributed by atoms with Gasteiger partial charge in [0.1, 0.15) is 0 Å². The SMILES string of the molecule is CC(C)N(C)CCNC(=O)c1ccnc(N)c1F. The molecule has 0 aliphatic rings. The van der Waals surface area contributed by atoms with Crippen LogP contribution in [0, 0.1) is 5.82 Å². The number of rotatable bonds is 5. The van der Waals surface area contributed by atoms with E-state index >= 15 is 0 Å². The zero-order valence-electron chi connectivity index (χ0n) is 10.9. The molecule has 5 nitrogen and oxygen atoms in total. The van der Waals surface area contributed by atoms with Crippen molar-refractivity contribution in [1.82, 2.24) is 15.2 Å². The molecule has 1 heterocycles. The van der Waals surface area contributed by atoms with E-state index in [9.17, 15) is 9.18 Å². The molecule has 0 saturated heterocycles. The van der Waals surface area contributed by atoms with Gasteiger partial charge in [-0.25, -0.2) is 9.37 Å². The Morgan fingerprint density at radius 1 is 1.61 bits per heavy atom. The second kappa shape index (κ2) is 6.30. The van der Waals surface area contributed by atoms with Crippen LogP contribution >= 0.6 is 0 Å². The molecule has 6 heteroatoms. The summed E-state index contributed by atoms with van der Waals surface area (Å²) >= 11 is 0. The van der Waals surface area contributed by atoms with Crippen LogP contribution < -0.4 is 11.1 Å². The van der Waals surface area contributed by atoms with E-state index in [0.29, 0.717) is 19.1 Å². The lowest BCUT2D eigenvalue weighted by Gasteiger charge is -2.20. The number of carbonyl (C=O) groups is 1. The van der Waals surface area contributed by atoms with Crippen molar-refractivity contribution < 1.29 is 9.18 Å². The fraction of sp³-hybridized carbons (Fsp3) is 0.500. The highest BCUT2D eigenvalue weighted by Crippen LogP contribution is 2.11. The molecule has 3 N–H and O–H groups in total. The Morgan fingerprint density at radius 3 is 2.89 bits per heavy atom. The lowest BCUT2D eigenvalue weighted by atomic mass is 10.2. The van der Waals surface area contributed by atoms with E-state index in [0.717, 1.165) is 0 Å². The van der Waals surface area contributed by atoms with E-state index in [2.05, 4.69) is 29.0 Å². The molecule has 0 bridgehead atoms. The van der Waals surface area contributed by atoms with Crippen molar-refractivity contribution in [3.63, 3.8) is 0 Å². The minimum absolute atomic E-state index is 0.0744. The molecular formula is C12H19FN4O. The number of pyridine rings is 1. The Bertz CT molecular complexity index is 423. The summed E-state index contributed by atoms with van der Waals surface area (Å²) in [5.41, 5.74) is 5.23. The summed E-state index contributed by atoms with van der Waals surface area (Å²) in [5, 5.41) is 2.65. The number of likely N-dealkylation sites (N-methyl/N-ethyl adjacent to an activating group) is 1. The Balaban J connectivity index is 2.54. The molecule has 1 rings (SSSR count). The van der Waals surface area contributed by atoms with Crippen molar-refractivity contribution in [2.75, 3.05) is 25.9 Å². The van der Waals surface area contributed by atoms with Gasteiger partial charge >= 0.3 is 0 Å². The van der Waals surface area contributed by atoms with Gasteiger partial charge in [0.25, 0.3) is 5.91 Å². The van der Waals surface area contributed by atoms with Gasteiger partial charge in [-0.15, -0.1) is 0 Å². The highest BCUT2D eigenvalue weighted by Gasteiger charge is 2.14. The minimum Gasteiger partial charge on any atom is -0.381 e. The van der Waals surface area contributed by atoms with Gasteiger partial charge in [0.15, 0.2) is 11.6 Å². The number of aromatic nitrogens is 1. The summed E-state index contributed by atoms with van der Waals surface area (Å²) in [4.78, 5) is 17.4. The quantitative estimate of drug-likeness (QED) is 0.818. The molecule has 0 spiro atoms. The Morgan fingerprint density at radius 2 is 2.28 bits per heavy atom. The number of amides is 1. The maximum absolute atomic E-state index is 13.5. The van der Waals surface area contributed by atoms with Crippen molar-refractivity contribution in [3.8, 4) is 0 Å². The molecular weight excluding hydrogens is 235 g/mol. The van der Waals surface area contributed by atoms with Gasteiger partial charge in [0.05, 0.1) is 5.56 Å². The fourth-order valence-corrected chi connectivity index (χ4v) is 1.33. The summed E-state index contributed by atoms with van der Waals surface area (Å²) in [5.74, 6) is -1.51. The summed E-state index contributed by atoms with van der Waals surface area (Å²) in [7, 11) is 1.96. The van der Waals surface area contributed by atoms with Crippen molar-refractivity contribution in [1.29, 1.82) is 0 Å². The number of hydrogen-bond donors (Lipinski definition) is 2. The molecule has 0 fully saturated rings. The Hall–Kier alpha value is -1.69. The maximum Gasteiger partial charge on any atom is 0.254 e. The van der Waals surface area contributed by atoms with Gasteiger partial charge < -0.3 is 16.0 Å². The second-order valence-corrected chi connectivity index (χ2v) is 4.39. The first kappa shape index (κ1) is 14.4. The normalized spacial score (nSPS) is 11.0. The molecule has 0 radical (unpaired) electrons. The molecule has 0 aliphatic carbocycles. The first-order valence-corrected chi connectivity index (χ1v) is 5.82. The third kappa shape index (κ3) is 3.66. The second-order valence-electron chi connectivity index (χ2n) is 4.39. The Labute approximate surface area is 106 Å². The number of halogens is 1. The fourth-order valence-electron chi connectivity index (χ4n) is 1.33. The standard InChI is InChI=1S/C12H19FN4O/c1-8(2)17(3)7-6-16-12(18)9-4-5-15-11(14)10(9)13/h4-5,8H,6-7H2,1-3H3,(H2,14,15)(H,16,18). The largest absolute Gasteiger partial charge is 0.381 e. The van der Waals surface area contributed by atoms with Gasteiger partial charge in [-0.1, -0.05) is 0 Å². The smallest absolute Gasteiger partial charge is 0.254 e. The first-order chi connectivity index (χ1) is 8.43. The van der Waals surface area contributed by atoms with E-state index in [-0.39, 0.29) is 11.4 Å². The number of nitrogens with one attached hydrogen (secondary N) is 1. The summed E-state index contributed by atoms with van der Waals surface area (Å²) in [6, 6.07) is 1.71. The van der Waals surface area contributed by atoms with Crippen LogP contribution in [0.2, 0.25) is 0 Å². The number of nitrogens with two attached hydrogens (primary N) is 1. The third-order valence-corrected chi connectivity index (χ3v) is 2.79. The van der Waals surface area contributed by atoms with Gasteiger partial charge in [-0.3, -0.25) is 4.79 Å². The number of carbonyl (C=O) groups excluding carboxylic acids is 1. The van der Waals surface area contributed by atoms with E-state index in [4.69, 9.17) is 5.73 Å². The number of hydrogen-bond acceptors (Lipinski definition) is 4. The number of nitrogens with zero attached hydrogens (tertiary/aromatic N) is 2. The van der Waals surface area contributed by atoms with Gasteiger partial charge in [-0.2, -0.15) is 0 Å². The van der Waals surface area contributed by atoms with Crippen LogP contribution in [-0.2, 0) is 0 Å².